The first-order valence-electron chi connectivity index (χ1n) is 9.44. The van der Waals surface area contributed by atoms with Crippen molar-refractivity contribution in [2.45, 2.75) is 51.1 Å². The van der Waals surface area contributed by atoms with Gasteiger partial charge in [-0.1, -0.05) is 19.8 Å². The zero-order valence-electron chi connectivity index (χ0n) is 15.1. The quantitative estimate of drug-likeness (QED) is 0.662. The molecule has 1 atom stereocenters. The summed E-state index contributed by atoms with van der Waals surface area (Å²) >= 11 is 0. The highest BCUT2D eigenvalue weighted by atomic mass is 19.1. The van der Waals surface area contributed by atoms with Gasteiger partial charge in [-0.2, -0.15) is 4.39 Å². The molecule has 0 N–H and O–H groups in total. The molecular formula is C19H20FN7. The van der Waals surface area contributed by atoms with Gasteiger partial charge in [0.2, 0.25) is 5.95 Å². The van der Waals surface area contributed by atoms with E-state index in [0.717, 1.165) is 36.6 Å². The number of aromatic nitrogens is 6. The Hall–Kier alpha value is -2.90. The molecule has 0 saturated heterocycles. The minimum Gasteiger partial charge on any atom is -0.342 e. The Morgan fingerprint density at radius 3 is 2.85 bits per heavy atom. The molecule has 0 bridgehead atoms. The van der Waals surface area contributed by atoms with E-state index in [9.17, 15) is 4.39 Å². The maximum atomic E-state index is 13.6. The van der Waals surface area contributed by atoms with Crippen molar-refractivity contribution in [2.24, 2.45) is 0 Å². The molecule has 1 saturated carbocycles. The smallest absolute Gasteiger partial charge is 0.213 e. The highest BCUT2D eigenvalue weighted by Gasteiger charge is 2.38. The fourth-order valence-electron chi connectivity index (χ4n) is 4.32. The van der Waals surface area contributed by atoms with Gasteiger partial charge in [0.1, 0.15) is 12.0 Å². The average Bonchev–Trinajstić information content (AvgIpc) is 3.38. The Balaban J connectivity index is 1.69. The number of hydrogen-bond acceptors (Lipinski definition) is 6. The molecule has 7 nitrogen and oxygen atoms in total. The number of anilines is 1. The van der Waals surface area contributed by atoms with Crippen LogP contribution in [0.25, 0.3) is 17.1 Å². The first kappa shape index (κ1) is 16.3. The zero-order valence-corrected chi connectivity index (χ0v) is 15.1. The maximum Gasteiger partial charge on any atom is 0.213 e. The predicted molar refractivity (Wildman–Crippen MR) is 97.9 cm³/mol. The first-order chi connectivity index (χ1) is 13.3. The standard InChI is InChI=1S/C19H20FN7/c1-2-14-19-25-23-11-26(19)15-10-22-17(12-7-8-21-16(20)9-12)24-18(15)27(14)13-5-3-4-6-13/h7-11,13-14H,2-6H2,1H3. The third-order valence-corrected chi connectivity index (χ3v) is 5.55. The van der Waals surface area contributed by atoms with Gasteiger partial charge in [-0.25, -0.2) is 15.0 Å². The normalized spacial score (nSPS) is 19.2. The first-order valence-corrected chi connectivity index (χ1v) is 9.44. The Labute approximate surface area is 156 Å². The number of pyridine rings is 1. The lowest BCUT2D eigenvalue weighted by Gasteiger charge is -2.40. The Morgan fingerprint density at radius 1 is 1.22 bits per heavy atom. The van der Waals surface area contributed by atoms with Gasteiger partial charge in [0.05, 0.1) is 12.2 Å². The molecular weight excluding hydrogens is 345 g/mol. The van der Waals surface area contributed by atoms with Crippen molar-refractivity contribution >= 4 is 5.82 Å². The highest BCUT2D eigenvalue weighted by molar-refractivity contribution is 5.66. The Morgan fingerprint density at radius 2 is 2.07 bits per heavy atom. The summed E-state index contributed by atoms with van der Waals surface area (Å²) in [6.07, 6.45) is 10.6. The monoisotopic (exact) mass is 365 g/mol. The molecule has 0 aromatic carbocycles. The van der Waals surface area contributed by atoms with E-state index in [1.54, 1.807) is 18.6 Å². The molecule has 1 aliphatic carbocycles. The molecule has 2 aliphatic rings. The summed E-state index contributed by atoms with van der Waals surface area (Å²) in [6.45, 7) is 2.16. The second kappa shape index (κ2) is 6.37. The van der Waals surface area contributed by atoms with E-state index in [1.165, 1.54) is 25.1 Å². The van der Waals surface area contributed by atoms with Crippen molar-refractivity contribution < 1.29 is 4.39 Å². The highest BCUT2D eigenvalue weighted by Crippen LogP contribution is 2.42. The summed E-state index contributed by atoms with van der Waals surface area (Å²) in [6, 6.07) is 3.65. The summed E-state index contributed by atoms with van der Waals surface area (Å²) in [5, 5.41) is 8.51. The molecule has 1 unspecified atom stereocenters. The van der Waals surface area contributed by atoms with E-state index in [4.69, 9.17) is 4.98 Å². The number of halogens is 1. The predicted octanol–water partition coefficient (Wildman–Crippen LogP) is 3.47. The molecule has 0 spiro atoms. The molecule has 3 aromatic heterocycles. The van der Waals surface area contributed by atoms with Crippen molar-refractivity contribution in [1.29, 1.82) is 0 Å². The SMILES string of the molecule is CCC1c2nncn2-c2cnc(-c3ccnc(F)c3)nc2N1C1CCCC1. The Kier molecular flexibility index (Phi) is 3.84. The number of rotatable bonds is 3. The third kappa shape index (κ3) is 2.58. The minimum atomic E-state index is -0.533. The Bertz CT molecular complexity index is 980. The lowest BCUT2D eigenvalue weighted by Crippen LogP contribution is -2.42. The molecule has 0 amide bonds. The van der Waals surface area contributed by atoms with Gasteiger partial charge >= 0.3 is 0 Å². The lowest BCUT2D eigenvalue weighted by atomic mass is 10.0. The molecule has 0 radical (unpaired) electrons. The van der Waals surface area contributed by atoms with Gasteiger partial charge in [0.25, 0.3) is 0 Å². The van der Waals surface area contributed by atoms with Gasteiger partial charge in [-0.05, 0) is 25.3 Å². The van der Waals surface area contributed by atoms with E-state index >= 15 is 0 Å². The van der Waals surface area contributed by atoms with Crippen LogP contribution in [-0.4, -0.2) is 35.8 Å². The largest absolute Gasteiger partial charge is 0.342 e. The van der Waals surface area contributed by atoms with Gasteiger partial charge < -0.3 is 4.90 Å². The lowest BCUT2D eigenvalue weighted by molar-refractivity contribution is 0.469. The fourth-order valence-corrected chi connectivity index (χ4v) is 4.32. The van der Waals surface area contributed by atoms with Crippen LogP contribution in [0.15, 0.2) is 30.9 Å². The number of fused-ring (bicyclic) bond motifs is 3. The van der Waals surface area contributed by atoms with Crippen LogP contribution >= 0.6 is 0 Å². The summed E-state index contributed by atoms with van der Waals surface area (Å²) in [5.41, 5.74) is 1.50. The van der Waals surface area contributed by atoms with Crippen molar-refractivity contribution in [1.82, 2.24) is 29.7 Å². The molecule has 138 valence electrons. The van der Waals surface area contributed by atoms with Crippen LogP contribution in [0.2, 0.25) is 0 Å². The molecule has 5 rings (SSSR count). The third-order valence-electron chi connectivity index (χ3n) is 5.55. The number of nitrogens with zero attached hydrogens (tertiary/aromatic N) is 7. The van der Waals surface area contributed by atoms with Crippen molar-refractivity contribution in [3.8, 4) is 17.1 Å². The van der Waals surface area contributed by atoms with Crippen LogP contribution in [-0.2, 0) is 0 Å². The molecule has 8 heteroatoms. The van der Waals surface area contributed by atoms with E-state index in [0.29, 0.717) is 17.4 Å². The van der Waals surface area contributed by atoms with E-state index in [1.807, 2.05) is 4.57 Å². The second-order valence-corrected chi connectivity index (χ2v) is 7.10. The van der Waals surface area contributed by atoms with Crippen molar-refractivity contribution in [3.63, 3.8) is 0 Å². The molecule has 1 aliphatic heterocycles. The summed E-state index contributed by atoms with van der Waals surface area (Å²) in [7, 11) is 0. The fraction of sp³-hybridized carbons (Fsp3) is 0.421. The maximum absolute atomic E-state index is 13.6. The molecule has 27 heavy (non-hydrogen) atoms. The van der Waals surface area contributed by atoms with Crippen molar-refractivity contribution in [2.75, 3.05) is 4.90 Å². The van der Waals surface area contributed by atoms with Crippen LogP contribution < -0.4 is 4.90 Å². The second-order valence-electron chi connectivity index (χ2n) is 7.10. The average molecular weight is 365 g/mol. The van der Waals surface area contributed by atoms with Gasteiger partial charge in [0, 0.05) is 23.9 Å². The van der Waals surface area contributed by atoms with Crippen LogP contribution in [0.4, 0.5) is 10.2 Å². The van der Waals surface area contributed by atoms with E-state index in [2.05, 4.69) is 32.0 Å². The summed E-state index contributed by atoms with van der Waals surface area (Å²) in [4.78, 5) is 15.4. The molecule has 4 heterocycles. The summed E-state index contributed by atoms with van der Waals surface area (Å²) in [5.74, 6) is 1.78. The van der Waals surface area contributed by atoms with Crippen LogP contribution in [0, 0.1) is 5.95 Å². The topological polar surface area (TPSA) is 72.6 Å². The van der Waals surface area contributed by atoms with Gasteiger partial charge in [0.15, 0.2) is 17.5 Å². The summed E-state index contributed by atoms with van der Waals surface area (Å²) < 4.78 is 15.6. The van der Waals surface area contributed by atoms with Crippen LogP contribution in [0.1, 0.15) is 50.9 Å². The minimum absolute atomic E-state index is 0.125. The van der Waals surface area contributed by atoms with Crippen molar-refractivity contribution in [3.05, 3.63) is 42.6 Å². The van der Waals surface area contributed by atoms with Crippen LogP contribution in [0.5, 0.6) is 0 Å². The van der Waals surface area contributed by atoms with Crippen LogP contribution in [0.3, 0.4) is 0 Å². The zero-order chi connectivity index (χ0) is 18.4. The van der Waals surface area contributed by atoms with E-state index < -0.39 is 5.95 Å². The number of hydrogen-bond donors (Lipinski definition) is 0. The van der Waals surface area contributed by atoms with E-state index in [-0.39, 0.29) is 6.04 Å². The molecule has 1 fully saturated rings. The molecule has 3 aromatic rings. The van der Waals surface area contributed by atoms with Gasteiger partial charge in [-0.15, -0.1) is 10.2 Å². The van der Waals surface area contributed by atoms with Gasteiger partial charge in [-0.3, -0.25) is 4.57 Å².